The standard InChI is InChI=1S/C13H14N2O2S.2ClH/c1-18(16,17)12-4-2-10(3-5-12)13-9-15-7-6-11(13)8-14;;/h2-7,9H,8,14H2,1H3;2*1H. The first-order valence-electron chi connectivity index (χ1n) is 5.46. The first-order chi connectivity index (χ1) is 8.52. The molecule has 0 amide bonds. The van der Waals surface area contributed by atoms with Crippen LogP contribution in [0.3, 0.4) is 0 Å². The van der Waals surface area contributed by atoms with E-state index >= 15 is 0 Å². The van der Waals surface area contributed by atoms with Crippen molar-refractivity contribution >= 4 is 34.7 Å². The third-order valence-corrected chi connectivity index (χ3v) is 3.85. The summed E-state index contributed by atoms with van der Waals surface area (Å²) >= 11 is 0. The van der Waals surface area contributed by atoms with E-state index in [-0.39, 0.29) is 24.8 Å². The summed E-state index contributed by atoms with van der Waals surface area (Å²) in [7, 11) is -3.16. The van der Waals surface area contributed by atoms with Gasteiger partial charge in [-0.25, -0.2) is 8.42 Å². The van der Waals surface area contributed by atoms with Crippen molar-refractivity contribution in [3.63, 3.8) is 0 Å². The molecule has 0 aliphatic rings. The fourth-order valence-corrected chi connectivity index (χ4v) is 2.37. The molecule has 0 bridgehead atoms. The molecule has 1 aromatic carbocycles. The van der Waals surface area contributed by atoms with Crippen LogP contribution in [0, 0.1) is 0 Å². The van der Waals surface area contributed by atoms with Crippen molar-refractivity contribution in [1.29, 1.82) is 0 Å². The summed E-state index contributed by atoms with van der Waals surface area (Å²) < 4.78 is 22.7. The second-order valence-corrected chi connectivity index (χ2v) is 6.05. The summed E-state index contributed by atoms with van der Waals surface area (Å²) in [4.78, 5) is 4.38. The quantitative estimate of drug-likeness (QED) is 0.935. The van der Waals surface area contributed by atoms with Crippen molar-refractivity contribution in [2.75, 3.05) is 6.26 Å². The minimum absolute atomic E-state index is 0. The van der Waals surface area contributed by atoms with Crippen molar-refractivity contribution in [3.8, 4) is 11.1 Å². The van der Waals surface area contributed by atoms with E-state index in [2.05, 4.69) is 4.98 Å². The van der Waals surface area contributed by atoms with E-state index < -0.39 is 9.84 Å². The van der Waals surface area contributed by atoms with Gasteiger partial charge in [-0.15, -0.1) is 24.8 Å². The summed E-state index contributed by atoms with van der Waals surface area (Å²) in [5, 5.41) is 0. The largest absolute Gasteiger partial charge is 0.326 e. The Morgan fingerprint density at radius 2 is 1.70 bits per heavy atom. The molecule has 7 heteroatoms. The van der Waals surface area contributed by atoms with Gasteiger partial charge in [-0.2, -0.15) is 0 Å². The third kappa shape index (κ3) is 4.18. The molecule has 2 aromatic rings. The van der Waals surface area contributed by atoms with Crippen LogP contribution in [0.1, 0.15) is 5.56 Å². The number of rotatable bonds is 3. The van der Waals surface area contributed by atoms with Gasteiger partial charge in [0.15, 0.2) is 9.84 Å². The Labute approximate surface area is 131 Å². The van der Waals surface area contributed by atoms with Crippen LogP contribution in [0.2, 0.25) is 0 Å². The van der Waals surface area contributed by atoms with Crippen molar-refractivity contribution in [2.24, 2.45) is 5.73 Å². The lowest BCUT2D eigenvalue weighted by atomic mass is 10.0. The van der Waals surface area contributed by atoms with Crippen molar-refractivity contribution in [1.82, 2.24) is 4.98 Å². The van der Waals surface area contributed by atoms with Crippen molar-refractivity contribution in [3.05, 3.63) is 48.3 Å². The predicted octanol–water partition coefficient (Wildman–Crippen LogP) is 2.45. The second kappa shape index (κ2) is 7.59. The van der Waals surface area contributed by atoms with Gasteiger partial charge in [0.2, 0.25) is 0 Å². The normalized spacial score (nSPS) is 10.3. The Morgan fingerprint density at radius 1 is 1.10 bits per heavy atom. The second-order valence-electron chi connectivity index (χ2n) is 4.03. The topological polar surface area (TPSA) is 73.0 Å². The third-order valence-electron chi connectivity index (χ3n) is 2.72. The maximum absolute atomic E-state index is 11.4. The average molecular weight is 335 g/mol. The molecule has 0 aliphatic carbocycles. The van der Waals surface area contributed by atoms with E-state index in [0.717, 1.165) is 16.7 Å². The van der Waals surface area contributed by atoms with Gasteiger partial charge >= 0.3 is 0 Å². The van der Waals surface area contributed by atoms with E-state index in [1.807, 2.05) is 6.07 Å². The summed E-state index contributed by atoms with van der Waals surface area (Å²) in [6, 6.07) is 8.59. The number of nitrogens with zero attached hydrogens (tertiary/aromatic N) is 1. The molecular weight excluding hydrogens is 319 g/mol. The van der Waals surface area contributed by atoms with E-state index in [0.29, 0.717) is 11.4 Å². The maximum atomic E-state index is 11.4. The number of nitrogens with two attached hydrogens (primary N) is 1. The molecule has 0 aliphatic heterocycles. The molecular formula is C13H16Cl2N2O2S. The molecule has 0 saturated carbocycles. The Hall–Kier alpha value is -1.14. The highest BCUT2D eigenvalue weighted by molar-refractivity contribution is 7.90. The van der Waals surface area contributed by atoms with Gasteiger partial charge in [0.05, 0.1) is 4.90 Å². The van der Waals surface area contributed by atoms with Crippen LogP contribution < -0.4 is 5.73 Å². The molecule has 1 heterocycles. The lowest BCUT2D eigenvalue weighted by Gasteiger charge is -2.07. The molecule has 110 valence electrons. The van der Waals surface area contributed by atoms with Crippen LogP contribution in [-0.4, -0.2) is 19.7 Å². The molecule has 4 nitrogen and oxygen atoms in total. The Balaban J connectivity index is 0.00000180. The molecule has 0 fully saturated rings. The first kappa shape index (κ1) is 18.9. The Bertz CT molecular complexity index is 658. The number of aromatic nitrogens is 1. The van der Waals surface area contributed by atoms with Gasteiger partial charge in [0.1, 0.15) is 0 Å². The van der Waals surface area contributed by atoms with E-state index in [1.165, 1.54) is 6.26 Å². The Kier molecular flexibility index (Phi) is 7.16. The van der Waals surface area contributed by atoms with Crippen LogP contribution in [0.15, 0.2) is 47.6 Å². The van der Waals surface area contributed by atoms with Crippen molar-refractivity contribution < 1.29 is 8.42 Å². The zero-order valence-corrected chi connectivity index (χ0v) is 13.3. The minimum atomic E-state index is -3.16. The van der Waals surface area contributed by atoms with Crippen LogP contribution in [0.25, 0.3) is 11.1 Å². The molecule has 2 N–H and O–H groups in total. The van der Waals surface area contributed by atoms with E-state index in [4.69, 9.17) is 5.73 Å². The lowest BCUT2D eigenvalue weighted by Crippen LogP contribution is -2.00. The van der Waals surface area contributed by atoms with Crippen LogP contribution in [0.4, 0.5) is 0 Å². The Morgan fingerprint density at radius 3 is 2.20 bits per heavy atom. The molecule has 0 unspecified atom stereocenters. The fourth-order valence-electron chi connectivity index (χ4n) is 1.74. The number of pyridine rings is 1. The first-order valence-corrected chi connectivity index (χ1v) is 7.35. The van der Waals surface area contributed by atoms with E-state index in [1.54, 1.807) is 36.7 Å². The summed E-state index contributed by atoms with van der Waals surface area (Å²) in [5.41, 5.74) is 8.49. The molecule has 0 spiro atoms. The lowest BCUT2D eigenvalue weighted by molar-refractivity contribution is 0.602. The molecule has 0 atom stereocenters. The number of benzene rings is 1. The molecule has 0 saturated heterocycles. The maximum Gasteiger partial charge on any atom is 0.175 e. The van der Waals surface area contributed by atoms with Gasteiger partial charge in [-0.05, 0) is 29.3 Å². The van der Waals surface area contributed by atoms with Crippen molar-refractivity contribution in [2.45, 2.75) is 11.4 Å². The van der Waals surface area contributed by atoms with Crippen LogP contribution >= 0.6 is 24.8 Å². The number of hydrogen-bond donors (Lipinski definition) is 1. The van der Waals surface area contributed by atoms with Gasteiger partial charge in [0.25, 0.3) is 0 Å². The van der Waals surface area contributed by atoms with Crippen LogP contribution in [-0.2, 0) is 16.4 Å². The number of halogens is 2. The number of hydrogen-bond acceptors (Lipinski definition) is 4. The summed E-state index contributed by atoms with van der Waals surface area (Å²) in [6.45, 7) is 0.422. The monoisotopic (exact) mass is 334 g/mol. The van der Waals surface area contributed by atoms with E-state index in [9.17, 15) is 8.42 Å². The number of sulfone groups is 1. The SMILES string of the molecule is CS(=O)(=O)c1ccc(-c2cnccc2CN)cc1.Cl.Cl. The van der Waals surface area contributed by atoms with Gasteiger partial charge in [-0.3, -0.25) is 4.98 Å². The molecule has 1 aromatic heterocycles. The van der Waals surface area contributed by atoms with Gasteiger partial charge in [-0.1, -0.05) is 12.1 Å². The minimum Gasteiger partial charge on any atom is -0.326 e. The van der Waals surface area contributed by atoms with Gasteiger partial charge in [0, 0.05) is 30.8 Å². The average Bonchev–Trinajstić information content (AvgIpc) is 2.38. The predicted molar refractivity (Wildman–Crippen MR) is 85.2 cm³/mol. The highest BCUT2D eigenvalue weighted by atomic mass is 35.5. The zero-order valence-electron chi connectivity index (χ0n) is 10.8. The highest BCUT2D eigenvalue weighted by Gasteiger charge is 2.08. The van der Waals surface area contributed by atoms with Crippen LogP contribution in [0.5, 0.6) is 0 Å². The summed E-state index contributed by atoms with van der Waals surface area (Å²) in [6.07, 6.45) is 4.62. The van der Waals surface area contributed by atoms with Gasteiger partial charge < -0.3 is 5.73 Å². The zero-order chi connectivity index (χ0) is 13.2. The molecule has 0 radical (unpaired) electrons. The molecule has 2 rings (SSSR count). The molecule has 20 heavy (non-hydrogen) atoms. The summed E-state index contributed by atoms with van der Waals surface area (Å²) in [5.74, 6) is 0. The smallest absolute Gasteiger partial charge is 0.175 e. The fraction of sp³-hybridized carbons (Fsp3) is 0.154. The highest BCUT2D eigenvalue weighted by Crippen LogP contribution is 2.23.